The second-order valence-electron chi connectivity index (χ2n) is 6.47. The molecule has 1 saturated heterocycles. The van der Waals surface area contributed by atoms with Crippen molar-refractivity contribution in [2.24, 2.45) is 0 Å². The lowest BCUT2D eigenvalue weighted by atomic mass is 9.86. The van der Waals surface area contributed by atoms with Crippen molar-refractivity contribution in [2.75, 3.05) is 26.2 Å². The van der Waals surface area contributed by atoms with Gasteiger partial charge in [-0.1, -0.05) is 39.0 Å². The maximum Gasteiger partial charge on any atom is 0.135 e. The van der Waals surface area contributed by atoms with Crippen molar-refractivity contribution in [1.82, 2.24) is 4.90 Å². The zero-order valence-electron chi connectivity index (χ0n) is 12.8. The minimum absolute atomic E-state index is 0.0914. The van der Waals surface area contributed by atoms with E-state index in [2.05, 4.69) is 37.8 Å². The molecule has 0 unspecified atom stereocenters. The molecule has 1 aliphatic heterocycles. The first-order valence-electron chi connectivity index (χ1n) is 7.43. The number of carbonyl (C=O) groups is 1. The maximum absolute atomic E-state index is 11.2. The standard InChI is InChI=1S/C17H25NO2/c1-17(2,3)15-6-4-5-7-16(15)20-13-12-18-10-8-14(19)9-11-18/h4-7H,8-13H2,1-3H3. The highest BCUT2D eigenvalue weighted by atomic mass is 16.5. The average Bonchev–Trinajstić information content (AvgIpc) is 2.40. The number of rotatable bonds is 4. The summed E-state index contributed by atoms with van der Waals surface area (Å²) in [6.45, 7) is 9.93. The van der Waals surface area contributed by atoms with Gasteiger partial charge in [0.2, 0.25) is 0 Å². The lowest BCUT2D eigenvalue weighted by Gasteiger charge is -2.27. The van der Waals surface area contributed by atoms with E-state index in [-0.39, 0.29) is 5.41 Å². The van der Waals surface area contributed by atoms with Crippen LogP contribution in [-0.2, 0) is 10.2 Å². The van der Waals surface area contributed by atoms with Gasteiger partial charge >= 0.3 is 0 Å². The molecule has 2 rings (SSSR count). The summed E-state index contributed by atoms with van der Waals surface area (Å²) in [6.07, 6.45) is 1.39. The normalized spacial score (nSPS) is 17.2. The zero-order chi connectivity index (χ0) is 14.6. The van der Waals surface area contributed by atoms with Crippen molar-refractivity contribution in [3.8, 4) is 5.75 Å². The van der Waals surface area contributed by atoms with Crippen LogP contribution in [0, 0.1) is 0 Å². The molecule has 0 aromatic heterocycles. The van der Waals surface area contributed by atoms with Crippen LogP contribution < -0.4 is 4.74 Å². The smallest absolute Gasteiger partial charge is 0.135 e. The van der Waals surface area contributed by atoms with Gasteiger partial charge in [0.1, 0.15) is 18.1 Å². The summed E-state index contributed by atoms with van der Waals surface area (Å²) in [5.41, 5.74) is 1.34. The molecule has 0 N–H and O–H groups in total. The van der Waals surface area contributed by atoms with E-state index in [1.54, 1.807) is 0 Å². The van der Waals surface area contributed by atoms with Crippen molar-refractivity contribution in [3.05, 3.63) is 29.8 Å². The van der Waals surface area contributed by atoms with E-state index < -0.39 is 0 Å². The second kappa shape index (κ2) is 6.40. The third kappa shape index (κ3) is 4.07. The van der Waals surface area contributed by atoms with Crippen molar-refractivity contribution in [2.45, 2.75) is 39.0 Å². The monoisotopic (exact) mass is 275 g/mol. The quantitative estimate of drug-likeness (QED) is 0.846. The highest BCUT2D eigenvalue weighted by Crippen LogP contribution is 2.30. The first-order valence-corrected chi connectivity index (χ1v) is 7.43. The first kappa shape index (κ1) is 15.0. The largest absolute Gasteiger partial charge is 0.492 e. The van der Waals surface area contributed by atoms with Gasteiger partial charge in [-0.15, -0.1) is 0 Å². The zero-order valence-corrected chi connectivity index (χ0v) is 12.8. The summed E-state index contributed by atoms with van der Waals surface area (Å²) in [4.78, 5) is 13.5. The number of piperidine rings is 1. The molecule has 0 radical (unpaired) electrons. The maximum atomic E-state index is 11.2. The van der Waals surface area contributed by atoms with Gasteiger partial charge in [0.05, 0.1) is 0 Å². The number of nitrogens with zero attached hydrogens (tertiary/aromatic N) is 1. The Kier molecular flexibility index (Phi) is 4.81. The molecule has 0 spiro atoms. The van der Waals surface area contributed by atoms with Gasteiger partial charge in [-0.3, -0.25) is 9.69 Å². The highest BCUT2D eigenvalue weighted by molar-refractivity contribution is 5.79. The van der Waals surface area contributed by atoms with Crippen LogP contribution in [0.25, 0.3) is 0 Å². The summed E-state index contributed by atoms with van der Waals surface area (Å²) in [5.74, 6) is 1.37. The Bertz CT molecular complexity index is 452. The Morgan fingerprint density at radius 3 is 2.45 bits per heavy atom. The average molecular weight is 275 g/mol. The Labute approximate surface area is 121 Å². The van der Waals surface area contributed by atoms with Gasteiger partial charge in [0.25, 0.3) is 0 Å². The molecular formula is C17H25NO2. The molecule has 1 heterocycles. The van der Waals surface area contributed by atoms with E-state index >= 15 is 0 Å². The minimum Gasteiger partial charge on any atom is -0.492 e. The Balaban J connectivity index is 1.87. The molecule has 0 bridgehead atoms. The van der Waals surface area contributed by atoms with Gasteiger partial charge < -0.3 is 4.74 Å². The van der Waals surface area contributed by atoms with E-state index in [0.717, 1.165) is 25.4 Å². The van der Waals surface area contributed by atoms with Crippen molar-refractivity contribution in [3.63, 3.8) is 0 Å². The fourth-order valence-electron chi connectivity index (χ4n) is 2.52. The summed E-state index contributed by atoms with van der Waals surface area (Å²) >= 11 is 0. The van der Waals surface area contributed by atoms with Crippen LogP contribution in [0.1, 0.15) is 39.2 Å². The van der Waals surface area contributed by atoms with Gasteiger partial charge in [-0.2, -0.15) is 0 Å². The van der Waals surface area contributed by atoms with E-state index in [1.807, 2.05) is 12.1 Å². The van der Waals surface area contributed by atoms with Crippen LogP contribution in [0.3, 0.4) is 0 Å². The van der Waals surface area contributed by atoms with Crippen LogP contribution in [0.15, 0.2) is 24.3 Å². The summed E-state index contributed by atoms with van der Waals surface area (Å²) in [5, 5.41) is 0. The summed E-state index contributed by atoms with van der Waals surface area (Å²) in [6, 6.07) is 8.25. The number of hydrogen-bond donors (Lipinski definition) is 0. The summed E-state index contributed by atoms with van der Waals surface area (Å²) < 4.78 is 5.97. The third-order valence-electron chi connectivity index (χ3n) is 3.77. The van der Waals surface area contributed by atoms with Crippen molar-refractivity contribution >= 4 is 5.78 Å². The van der Waals surface area contributed by atoms with E-state index in [4.69, 9.17) is 4.74 Å². The number of benzene rings is 1. The molecule has 1 fully saturated rings. The molecule has 0 aliphatic carbocycles. The van der Waals surface area contributed by atoms with Gasteiger partial charge in [-0.25, -0.2) is 0 Å². The van der Waals surface area contributed by atoms with Crippen LogP contribution >= 0.6 is 0 Å². The first-order chi connectivity index (χ1) is 9.47. The Morgan fingerprint density at radius 2 is 1.80 bits per heavy atom. The van der Waals surface area contributed by atoms with E-state index in [9.17, 15) is 4.79 Å². The predicted molar refractivity (Wildman–Crippen MR) is 81.3 cm³/mol. The number of hydrogen-bond acceptors (Lipinski definition) is 3. The molecule has 1 aromatic rings. The number of para-hydroxylation sites is 1. The molecule has 0 amide bonds. The number of ether oxygens (including phenoxy) is 1. The fourth-order valence-corrected chi connectivity index (χ4v) is 2.52. The van der Waals surface area contributed by atoms with Crippen LogP contribution in [0.4, 0.5) is 0 Å². The van der Waals surface area contributed by atoms with Crippen LogP contribution in [0.2, 0.25) is 0 Å². The van der Waals surface area contributed by atoms with Gasteiger partial charge in [0.15, 0.2) is 0 Å². The Morgan fingerprint density at radius 1 is 1.15 bits per heavy atom. The topological polar surface area (TPSA) is 29.5 Å². The van der Waals surface area contributed by atoms with Crippen LogP contribution in [-0.4, -0.2) is 36.9 Å². The highest BCUT2D eigenvalue weighted by Gasteiger charge is 2.19. The third-order valence-corrected chi connectivity index (χ3v) is 3.77. The van der Waals surface area contributed by atoms with Crippen molar-refractivity contribution in [1.29, 1.82) is 0 Å². The molecule has 3 heteroatoms. The molecule has 0 saturated carbocycles. The van der Waals surface area contributed by atoms with E-state index in [0.29, 0.717) is 25.2 Å². The van der Waals surface area contributed by atoms with Crippen LogP contribution in [0.5, 0.6) is 5.75 Å². The molecule has 1 aromatic carbocycles. The molecule has 1 aliphatic rings. The number of carbonyl (C=O) groups excluding carboxylic acids is 1. The molecule has 20 heavy (non-hydrogen) atoms. The summed E-state index contributed by atoms with van der Waals surface area (Å²) in [7, 11) is 0. The number of Topliss-reactive ketones (excluding diaryl/α,β-unsaturated/α-hetero) is 1. The van der Waals surface area contributed by atoms with Gasteiger partial charge in [0, 0.05) is 32.5 Å². The predicted octanol–water partition coefficient (Wildman–Crippen LogP) is 3.03. The van der Waals surface area contributed by atoms with E-state index in [1.165, 1.54) is 5.56 Å². The van der Waals surface area contributed by atoms with Crippen molar-refractivity contribution < 1.29 is 9.53 Å². The lowest BCUT2D eigenvalue weighted by Crippen LogP contribution is -2.36. The molecular weight excluding hydrogens is 250 g/mol. The second-order valence-corrected chi connectivity index (χ2v) is 6.47. The SMILES string of the molecule is CC(C)(C)c1ccccc1OCCN1CCC(=O)CC1. The minimum atomic E-state index is 0.0914. The molecule has 0 atom stereocenters. The lowest BCUT2D eigenvalue weighted by molar-refractivity contribution is -0.121. The molecule has 110 valence electrons. The fraction of sp³-hybridized carbons (Fsp3) is 0.588. The number of ketones is 1. The van der Waals surface area contributed by atoms with Gasteiger partial charge in [-0.05, 0) is 17.0 Å². The Hall–Kier alpha value is -1.35. The molecule has 3 nitrogen and oxygen atoms in total. The number of likely N-dealkylation sites (tertiary alicyclic amines) is 1.